The van der Waals surface area contributed by atoms with Crippen LogP contribution in [0.5, 0.6) is 0 Å². The van der Waals surface area contributed by atoms with Crippen molar-refractivity contribution in [2.45, 2.75) is 31.2 Å². The fourth-order valence-electron chi connectivity index (χ4n) is 5.09. The Balaban J connectivity index is 1.13. The first-order valence-electron chi connectivity index (χ1n) is 13.5. The summed E-state index contributed by atoms with van der Waals surface area (Å²) in [7, 11) is -3.65. The van der Waals surface area contributed by atoms with E-state index in [1.807, 2.05) is 25.1 Å². The van der Waals surface area contributed by atoms with E-state index in [0.717, 1.165) is 35.6 Å². The molecule has 3 heterocycles. The molecule has 1 fully saturated rings. The molecule has 2 N–H and O–H groups in total. The Morgan fingerprint density at radius 2 is 1.57 bits per heavy atom. The Labute approximate surface area is 234 Å². The van der Waals surface area contributed by atoms with E-state index in [1.165, 1.54) is 36.8 Å². The van der Waals surface area contributed by atoms with Crippen molar-refractivity contribution in [3.63, 3.8) is 0 Å². The number of hydrogen-bond acceptors (Lipinski definition) is 6. The van der Waals surface area contributed by atoms with Crippen molar-refractivity contribution in [1.82, 2.24) is 19.4 Å². The van der Waals surface area contributed by atoms with Crippen molar-refractivity contribution in [2.24, 2.45) is 0 Å². The maximum Gasteiger partial charge on any atom is 0.261 e. The smallest absolute Gasteiger partial charge is 0.261 e. The van der Waals surface area contributed by atoms with Crippen LogP contribution in [0.2, 0.25) is 0 Å². The number of aromatic nitrogens is 3. The van der Waals surface area contributed by atoms with Crippen LogP contribution in [0.4, 0.5) is 17.2 Å². The highest BCUT2D eigenvalue weighted by Crippen LogP contribution is 2.27. The molecule has 0 spiro atoms. The highest BCUT2D eigenvalue weighted by atomic mass is 32.2. The normalized spacial score (nSPS) is 14.0. The SMILES string of the molecule is Cc1ccc(S(=O)(=O)Nc2ccc(Nc3cc(-c4ccc5c(ccn5CCN5CCCC5)c4)ncn3)cc2)cc1. The number of anilines is 3. The van der Waals surface area contributed by atoms with Crippen LogP contribution in [-0.4, -0.2) is 47.5 Å². The summed E-state index contributed by atoms with van der Waals surface area (Å²) in [6.45, 7) is 6.43. The molecule has 6 rings (SSSR count). The summed E-state index contributed by atoms with van der Waals surface area (Å²) in [6.07, 6.45) is 6.34. The molecule has 3 aromatic carbocycles. The second-order valence-corrected chi connectivity index (χ2v) is 11.9. The van der Waals surface area contributed by atoms with Crippen LogP contribution in [0, 0.1) is 6.92 Å². The zero-order valence-electron chi connectivity index (χ0n) is 22.4. The van der Waals surface area contributed by atoms with Gasteiger partial charge in [0.2, 0.25) is 0 Å². The van der Waals surface area contributed by atoms with Crippen LogP contribution < -0.4 is 10.0 Å². The van der Waals surface area contributed by atoms with Gasteiger partial charge in [-0.2, -0.15) is 0 Å². The van der Waals surface area contributed by atoms with Gasteiger partial charge in [-0.05, 0) is 87.5 Å². The minimum atomic E-state index is -3.65. The predicted molar refractivity (Wildman–Crippen MR) is 160 cm³/mol. The van der Waals surface area contributed by atoms with Crippen molar-refractivity contribution in [3.05, 3.63) is 97.0 Å². The van der Waals surface area contributed by atoms with Gasteiger partial charge in [0.25, 0.3) is 10.0 Å². The molecule has 1 aliphatic heterocycles. The van der Waals surface area contributed by atoms with E-state index in [9.17, 15) is 8.42 Å². The summed E-state index contributed by atoms with van der Waals surface area (Å²) in [6, 6.07) is 24.3. The maximum absolute atomic E-state index is 12.7. The number of fused-ring (bicyclic) bond motifs is 1. The Bertz CT molecular complexity index is 1720. The van der Waals surface area contributed by atoms with E-state index >= 15 is 0 Å². The van der Waals surface area contributed by atoms with Crippen molar-refractivity contribution >= 4 is 38.1 Å². The lowest BCUT2D eigenvalue weighted by Crippen LogP contribution is -2.23. The first-order valence-corrected chi connectivity index (χ1v) is 15.0. The topological polar surface area (TPSA) is 92.2 Å². The van der Waals surface area contributed by atoms with Gasteiger partial charge in [-0.15, -0.1) is 0 Å². The first-order chi connectivity index (χ1) is 19.4. The van der Waals surface area contributed by atoms with Gasteiger partial charge in [0, 0.05) is 53.2 Å². The van der Waals surface area contributed by atoms with Gasteiger partial charge in [-0.25, -0.2) is 18.4 Å². The summed E-state index contributed by atoms with van der Waals surface area (Å²) >= 11 is 0. The lowest BCUT2D eigenvalue weighted by molar-refractivity contribution is 0.324. The van der Waals surface area contributed by atoms with Gasteiger partial charge < -0.3 is 14.8 Å². The van der Waals surface area contributed by atoms with E-state index in [4.69, 9.17) is 0 Å². The molecule has 5 aromatic rings. The molecule has 0 amide bonds. The number of likely N-dealkylation sites (tertiary alicyclic amines) is 1. The average Bonchev–Trinajstić information content (AvgIpc) is 3.63. The number of rotatable bonds is 9. The number of hydrogen-bond donors (Lipinski definition) is 2. The molecular formula is C31H32N6O2S. The number of nitrogens with zero attached hydrogens (tertiary/aromatic N) is 4. The summed E-state index contributed by atoms with van der Waals surface area (Å²) in [4.78, 5) is 11.6. The van der Waals surface area contributed by atoms with Gasteiger partial charge in [0.05, 0.1) is 10.6 Å². The molecule has 0 atom stereocenters. The summed E-state index contributed by atoms with van der Waals surface area (Å²) in [5, 5.41) is 4.48. The molecule has 204 valence electrons. The highest BCUT2D eigenvalue weighted by Gasteiger charge is 2.14. The minimum absolute atomic E-state index is 0.227. The molecule has 0 saturated carbocycles. The van der Waals surface area contributed by atoms with E-state index in [1.54, 1.807) is 42.7 Å². The largest absolute Gasteiger partial charge is 0.346 e. The van der Waals surface area contributed by atoms with Gasteiger partial charge >= 0.3 is 0 Å². The quantitative estimate of drug-likeness (QED) is 0.231. The molecule has 0 radical (unpaired) electrons. The second-order valence-electron chi connectivity index (χ2n) is 10.2. The predicted octanol–water partition coefficient (Wildman–Crippen LogP) is 6.05. The Morgan fingerprint density at radius 1 is 0.825 bits per heavy atom. The van der Waals surface area contributed by atoms with Crippen molar-refractivity contribution in [1.29, 1.82) is 0 Å². The second kappa shape index (κ2) is 11.1. The monoisotopic (exact) mass is 552 g/mol. The fourth-order valence-corrected chi connectivity index (χ4v) is 6.15. The first kappa shape index (κ1) is 26.0. The third-order valence-corrected chi connectivity index (χ3v) is 8.73. The highest BCUT2D eigenvalue weighted by molar-refractivity contribution is 7.92. The van der Waals surface area contributed by atoms with Crippen molar-refractivity contribution in [2.75, 3.05) is 29.7 Å². The zero-order chi connectivity index (χ0) is 27.5. The zero-order valence-corrected chi connectivity index (χ0v) is 23.2. The summed E-state index contributed by atoms with van der Waals surface area (Å²) in [5.74, 6) is 0.654. The number of benzene rings is 3. The maximum atomic E-state index is 12.7. The summed E-state index contributed by atoms with van der Waals surface area (Å²) < 4.78 is 30.3. The Kier molecular flexibility index (Phi) is 7.23. The number of sulfonamides is 1. The van der Waals surface area contributed by atoms with Crippen LogP contribution in [0.15, 0.2) is 96.3 Å². The molecule has 0 aliphatic carbocycles. The number of aryl methyl sites for hydroxylation is 1. The van der Waals surface area contributed by atoms with Gasteiger partial charge in [0.1, 0.15) is 12.1 Å². The molecule has 8 nitrogen and oxygen atoms in total. The molecular weight excluding hydrogens is 520 g/mol. The lowest BCUT2D eigenvalue weighted by Gasteiger charge is -2.15. The van der Waals surface area contributed by atoms with Crippen molar-refractivity contribution < 1.29 is 8.42 Å². The third kappa shape index (κ3) is 5.85. The lowest BCUT2D eigenvalue weighted by atomic mass is 10.1. The number of nitrogens with one attached hydrogen (secondary N) is 2. The Morgan fingerprint density at radius 3 is 2.35 bits per heavy atom. The molecule has 9 heteroatoms. The van der Waals surface area contributed by atoms with E-state index in [0.29, 0.717) is 11.5 Å². The third-order valence-electron chi connectivity index (χ3n) is 7.33. The molecule has 1 saturated heterocycles. The standard InChI is InChI=1S/C31H32N6O2S/c1-23-4-11-28(12-5-23)40(38,39)35-27-9-7-26(8-10-27)34-31-21-29(32-22-33-31)24-6-13-30-25(20-24)14-17-37(30)19-18-36-15-2-3-16-36/h4-14,17,20-22,35H,2-3,15-16,18-19H2,1H3,(H,32,33,34). The van der Waals surface area contributed by atoms with Gasteiger partial charge in [0.15, 0.2) is 0 Å². The summed E-state index contributed by atoms with van der Waals surface area (Å²) in [5.41, 5.74) is 5.35. The van der Waals surface area contributed by atoms with E-state index < -0.39 is 10.0 Å². The molecule has 0 bridgehead atoms. The fraction of sp³-hybridized carbons (Fsp3) is 0.226. The average molecular weight is 553 g/mol. The van der Waals surface area contributed by atoms with Gasteiger partial charge in [-0.1, -0.05) is 23.8 Å². The van der Waals surface area contributed by atoms with Crippen LogP contribution in [0.1, 0.15) is 18.4 Å². The molecule has 0 unspecified atom stereocenters. The molecule has 40 heavy (non-hydrogen) atoms. The van der Waals surface area contributed by atoms with Crippen molar-refractivity contribution in [3.8, 4) is 11.3 Å². The minimum Gasteiger partial charge on any atom is -0.346 e. The van der Waals surface area contributed by atoms with Crippen LogP contribution in [0.3, 0.4) is 0 Å². The van der Waals surface area contributed by atoms with Crippen LogP contribution in [0.25, 0.3) is 22.2 Å². The molecule has 1 aliphatic rings. The van der Waals surface area contributed by atoms with Crippen LogP contribution >= 0.6 is 0 Å². The van der Waals surface area contributed by atoms with E-state index in [-0.39, 0.29) is 4.90 Å². The Hall–Kier alpha value is -4.21. The van der Waals surface area contributed by atoms with Gasteiger partial charge in [-0.3, -0.25) is 4.72 Å². The van der Waals surface area contributed by atoms with Crippen LogP contribution in [-0.2, 0) is 16.6 Å². The van der Waals surface area contributed by atoms with E-state index in [2.05, 4.69) is 59.9 Å². The molecule has 2 aromatic heterocycles.